The SMILES string of the molecule is Cc1cccc(C(C(=O)NCc2ccccc2)N(C(=O)C(C)NC(=O)OC(C)(C)C)C2CC2C)c1. The van der Waals surface area contributed by atoms with Gasteiger partial charge in [0.15, 0.2) is 0 Å². The molecule has 188 valence electrons. The molecule has 4 unspecified atom stereocenters. The van der Waals surface area contributed by atoms with E-state index in [-0.39, 0.29) is 23.8 Å². The van der Waals surface area contributed by atoms with Gasteiger partial charge in [-0.25, -0.2) is 4.79 Å². The predicted molar refractivity (Wildman–Crippen MR) is 135 cm³/mol. The van der Waals surface area contributed by atoms with Crippen molar-refractivity contribution in [2.24, 2.45) is 5.92 Å². The summed E-state index contributed by atoms with van der Waals surface area (Å²) in [5.41, 5.74) is 2.03. The van der Waals surface area contributed by atoms with Crippen LogP contribution in [0, 0.1) is 12.8 Å². The second-order valence-electron chi connectivity index (χ2n) is 10.4. The summed E-state index contributed by atoms with van der Waals surface area (Å²) in [4.78, 5) is 41.3. The molecule has 0 saturated heterocycles. The monoisotopic (exact) mass is 479 g/mol. The van der Waals surface area contributed by atoms with Crippen LogP contribution in [0.3, 0.4) is 0 Å². The van der Waals surface area contributed by atoms with Gasteiger partial charge in [-0.15, -0.1) is 0 Å². The Bertz CT molecular complexity index is 1050. The summed E-state index contributed by atoms with van der Waals surface area (Å²) < 4.78 is 5.33. The minimum atomic E-state index is -0.855. The standard InChI is InChI=1S/C28H37N3O4/c1-18-11-10-14-22(15-18)24(25(32)29-17-21-12-8-7-9-13-21)31(23-16-19(23)2)26(33)20(3)30-27(34)35-28(4,5)6/h7-15,19-20,23-24H,16-17H2,1-6H3,(H,29,32)(H,30,34). The van der Waals surface area contributed by atoms with Crippen molar-refractivity contribution >= 4 is 17.9 Å². The Morgan fingerprint density at radius 2 is 1.74 bits per heavy atom. The molecule has 35 heavy (non-hydrogen) atoms. The first-order valence-corrected chi connectivity index (χ1v) is 12.2. The molecule has 0 bridgehead atoms. The summed E-state index contributed by atoms with van der Waals surface area (Å²) >= 11 is 0. The van der Waals surface area contributed by atoms with Gasteiger partial charge in [-0.1, -0.05) is 67.1 Å². The summed E-state index contributed by atoms with van der Waals surface area (Å²) in [6, 6.07) is 15.6. The zero-order chi connectivity index (χ0) is 25.8. The second kappa shape index (κ2) is 10.9. The Morgan fingerprint density at radius 3 is 2.31 bits per heavy atom. The Labute approximate surface area is 208 Å². The van der Waals surface area contributed by atoms with Crippen molar-refractivity contribution in [3.63, 3.8) is 0 Å². The molecule has 0 spiro atoms. The summed E-state index contributed by atoms with van der Waals surface area (Å²) in [7, 11) is 0. The molecular weight excluding hydrogens is 442 g/mol. The highest BCUT2D eigenvalue weighted by molar-refractivity contribution is 5.92. The lowest BCUT2D eigenvalue weighted by Gasteiger charge is -2.34. The average molecular weight is 480 g/mol. The molecule has 1 aliphatic rings. The second-order valence-corrected chi connectivity index (χ2v) is 10.4. The Hall–Kier alpha value is -3.35. The van der Waals surface area contributed by atoms with Crippen molar-refractivity contribution < 1.29 is 19.1 Å². The molecule has 0 radical (unpaired) electrons. The van der Waals surface area contributed by atoms with Crippen LogP contribution >= 0.6 is 0 Å². The molecule has 0 aliphatic heterocycles. The lowest BCUT2D eigenvalue weighted by Crippen LogP contribution is -2.53. The van der Waals surface area contributed by atoms with E-state index in [4.69, 9.17) is 4.74 Å². The van der Waals surface area contributed by atoms with Crippen molar-refractivity contribution in [3.8, 4) is 0 Å². The van der Waals surface area contributed by atoms with Crippen LogP contribution in [0.2, 0.25) is 0 Å². The minimum Gasteiger partial charge on any atom is -0.444 e. The van der Waals surface area contributed by atoms with Crippen molar-refractivity contribution in [2.45, 2.75) is 78.2 Å². The first-order chi connectivity index (χ1) is 16.5. The number of nitrogens with zero attached hydrogens (tertiary/aromatic N) is 1. The number of nitrogens with one attached hydrogen (secondary N) is 2. The van der Waals surface area contributed by atoms with E-state index in [1.807, 2.05) is 61.5 Å². The van der Waals surface area contributed by atoms with Gasteiger partial charge in [0.05, 0.1) is 0 Å². The van der Waals surface area contributed by atoms with Gasteiger partial charge in [-0.3, -0.25) is 9.59 Å². The number of aryl methyl sites for hydroxylation is 1. The van der Waals surface area contributed by atoms with Gasteiger partial charge in [0.1, 0.15) is 17.7 Å². The summed E-state index contributed by atoms with van der Waals surface area (Å²) in [5.74, 6) is -0.301. The van der Waals surface area contributed by atoms with Crippen LogP contribution in [-0.2, 0) is 20.9 Å². The van der Waals surface area contributed by atoms with Gasteiger partial charge in [-0.2, -0.15) is 0 Å². The fraction of sp³-hybridized carbons (Fsp3) is 0.464. The lowest BCUT2D eigenvalue weighted by molar-refractivity contribution is -0.143. The molecule has 7 nitrogen and oxygen atoms in total. The van der Waals surface area contributed by atoms with E-state index < -0.39 is 23.8 Å². The molecule has 2 aromatic carbocycles. The van der Waals surface area contributed by atoms with E-state index in [0.29, 0.717) is 6.54 Å². The number of rotatable bonds is 8. The maximum atomic E-state index is 13.7. The molecule has 2 aromatic rings. The third-order valence-corrected chi connectivity index (χ3v) is 5.98. The number of hydrogen-bond acceptors (Lipinski definition) is 4. The Morgan fingerprint density at radius 1 is 1.09 bits per heavy atom. The average Bonchev–Trinajstić information content (AvgIpc) is 3.50. The van der Waals surface area contributed by atoms with Crippen molar-refractivity contribution in [3.05, 3.63) is 71.3 Å². The van der Waals surface area contributed by atoms with Gasteiger partial charge in [-0.05, 0) is 58.1 Å². The first-order valence-electron chi connectivity index (χ1n) is 12.2. The lowest BCUT2D eigenvalue weighted by atomic mass is 10.0. The van der Waals surface area contributed by atoms with Crippen molar-refractivity contribution in [1.82, 2.24) is 15.5 Å². The summed E-state index contributed by atoms with van der Waals surface area (Å²) in [6.45, 7) is 11.3. The molecule has 1 fully saturated rings. The highest BCUT2D eigenvalue weighted by atomic mass is 16.6. The number of alkyl carbamates (subject to hydrolysis) is 1. The minimum absolute atomic E-state index is 0.0848. The number of benzene rings is 2. The third-order valence-electron chi connectivity index (χ3n) is 5.98. The normalized spacial score (nSPS) is 18.7. The first kappa shape index (κ1) is 26.3. The van der Waals surface area contributed by atoms with Gasteiger partial charge >= 0.3 is 6.09 Å². The van der Waals surface area contributed by atoms with E-state index in [1.165, 1.54) is 0 Å². The maximum Gasteiger partial charge on any atom is 0.408 e. The molecule has 4 atom stereocenters. The van der Waals surface area contributed by atoms with Crippen LogP contribution in [0.5, 0.6) is 0 Å². The highest BCUT2D eigenvalue weighted by Crippen LogP contribution is 2.40. The molecule has 2 N–H and O–H groups in total. The van der Waals surface area contributed by atoms with Gasteiger partial charge < -0.3 is 20.3 Å². The highest BCUT2D eigenvalue weighted by Gasteiger charge is 2.47. The summed E-state index contributed by atoms with van der Waals surface area (Å²) in [6.07, 6.45) is 0.141. The predicted octanol–water partition coefficient (Wildman–Crippen LogP) is 4.50. The zero-order valence-corrected chi connectivity index (χ0v) is 21.5. The van der Waals surface area contributed by atoms with E-state index in [0.717, 1.165) is 23.1 Å². The largest absolute Gasteiger partial charge is 0.444 e. The quantitative estimate of drug-likeness (QED) is 0.583. The van der Waals surface area contributed by atoms with Crippen LogP contribution in [0.15, 0.2) is 54.6 Å². The molecule has 3 rings (SSSR count). The molecule has 7 heteroatoms. The van der Waals surface area contributed by atoms with Gasteiger partial charge in [0, 0.05) is 12.6 Å². The van der Waals surface area contributed by atoms with E-state index in [9.17, 15) is 14.4 Å². The van der Waals surface area contributed by atoms with E-state index in [1.54, 1.807) is 32.6 Å². The number of carbonyl (C=O) groups excluding carboxylic acids is 3. The van der Waals surface area contributed by atoms with Gasteiger partial charge in [0.25, 0.3) is 0 Å². The topological polar surface area (TPSA) is 87.7 Å². The third kappa shape index (κ3) is 7.31. The molecule has 1 aliphatic carbocycles. The van der Waals surface area contributed by atoms with Crippen LogP contribution in [0.4, 0.5) is 4.79 Å². The van der Waals surface area contributed by atoms with Crippen LogP contribution < -0.4 is 10.6 Å². The Kier molecular flexibility index (Phi) is 8.20. The fourth-order valence-corrected chi connectivity index (χ4v) is 4.10. The Balaban J connectivity index is 1.88. The molecule has 3 amide bonds. The number of hydrogen-bond donors (Lipinski definition) is 2. The van der Waals surface area contributed by atoms with Crippen LogP contribution in [0.25, 0.3) is 0 Å². The summed E-state index contributed by atoms with van der Waals surface area (Å²) in [5, 5.41) is 5.66. The molecule has 0 heterocycles. The molecule has 0 aromatic heterocycles. The van der Waals surface area contributed by atoms with Crippen molar-refractivity contribution in [2.75, 3.05) is 0 Å². The van der Waals surface area contributed by atoms with Crippen molar-refractivity contribution in [1.29, 1.82) is 0 Å². The van der Waals surface area contributed by atoms with E-state index >= 15 is 0 Å². The number of ether oxygens (including phenoxy) is 1. The zero-order valence-electron chi connectivity index (χ0n) is 21.5. The number of carbonyl (C=O) groups is 3. The molecule has 1 saturated carbocycles. The maximum absolute atomic E-state index is 13.7. The number of amides is 3. The molecular formula is C28H37N3O4. The van der Waals surface area contributed by atoms with Gasteiger partial charge in [0.2, 0.25) is 11.8 Å². The fourth-order valence-electron chi connectivity index (χ4n) is 4.10. The van der Waals surface area contributed by atoms with E-state index in [2.05, 4.69) is 17.6 Å². The van der Waals surface area contributed by atoms with Crippen LogP contribution in [0.1, 0.15) is 63.8 Å². The van der Waals surface area contributed by atoms with Crippen LogP contribution in [-0.4, -0.2) is 40.5 Å². The smallest absolute Gasteiger partial charge is 0.408 e.